The Balaban J connectivity index is 2.53. The molecule has 5 nitrogen and oxygen atoms in total. The minimum Gasteiger partial charge on any atom is -0.480 e. The molecular weight excluding hydrogens is 256 g/mol. The highest BCUT2D eigenvalue weighted by atomic mass is 16.4. The van der Waals surface area contributed by atoms with Crippen molar-refractivity contribution < 1.29 is 14.7 Å². The van der Waals surface area contributed by atoms with Gasteiger partial charge in [-0.05, 0) is 39.2 Å². The number of hydrogen-bond donors (Lipinski definition) is 3. The first-order chi connectivity index (χ1) is 9.28. The molecule has 0 aliphatic rings. The third kappa shape index (κ3) is 6.22. The Labute approximate surface area is 119 Å². The van der Waals surface area contributed by atoms with Gasteiger partial charge < -0.3 is 15.7 Å². The molecule has 110 valence electrons. The molecule has 0 fully saturated rings. The number of carboxylic acid groups (broad SMARTS) is 1. The van der Waals surface area contributed by atoms with Gasteiger partial charge >= 0.3 is 12.0 Å². The van der Waals surface area contributed by atoms with E-state index in [4.69, 9.17) is 5.11 Å². The number of aryl methyl sites for hydroxylation is 1. The van der Waals surface area contributed by atoms with Gasteiger partial charge in [-0.3, -0.25) is 0 Å². The van der Waals surface area contributed by atoms with E-state index in [1.54, 1.807) is 0 Å². The van der Waals surface area contributed by atoms with E-state index in [-0.39, 0.29) is 0 Å². The van der Waals surface area contributed by atoms with Crippen molar-refractivity contribution in [2.45, 2.75) is 45.2 Å². The second kappa shape index (κ2) is 6.93. The Morgan fingerprint density at radius 2 is 1.80 bits per heavy atom. The zero-order valence-corrected chi connectivity index (χ0v) is 12.1. The molecule has 3 N–H and O–H groups in total. The minimum absolute atomic E-state index is 0.358. The highest BCUT2D eigenvalue weighted by molar-refractivity contribution is 5.82. The fourth-order valence-electron chi connectivity index (χ4n) is 1.75. The van der Waals surface area contributed by atoms with Crippen molar-refractivity contribution in [2.75, 3.05) is 0 Å². The van der Waals surface area contributed by atoms with Crippen molar-refractivity contribution in [1.29, 1.82) is 0 Å². The van der Waals surface area contributed by atoms with E-state index in [1.807, 2.05) is 51.1 Å². The van der Waals surface area contributed by atoms with E-state index in [9.17, 15) is 9.59 Å². The number of rotatable bonds is 5. The number of aliphatic carboxylic acids is 1. The van der Waals surface area contributed by atoms with Gasteiger partial charge in [0, 0.05) is 5.54 Å². The van der Waals surface area contributed by atoms with Crippen LogP contribution in [0, 0.1) is 0 Å². The van der Waals surface area contributed by atoms with Gasteiger partial charge in [0.1, 0.15) is 6.04 Å². The van der Waals surface area contributed by atoms with Crippen LogP contribution in [0.5, 0.6) is 0 Å². The first kappa shape index (κ1) is 16.0. The summed E-state index contributed by atoms with van der Waals surface area (Å²) in [6.45, 7) is 5.52. The maximum absolute atomic E-state index is 11.7. The highest BCUT2D eigenvalue weighted by Crippen LogP contribution is 2.06. The number of carboxylic acids is 1. The van der Waals surface area contributed by atoms with Crippen molar-refractivity contribution in [3.63, 3.8) is 0 Å². The van der Waals surface area contributed by atoms with Gasteiger partial charge in [-0.1, -0.05) is 30.3 Å². The van der Waals surface area contributed by atoms with Crippen LogP contribution in [0.2, 0.25) is 0 Å². The molecule has 0 spiro atoms. The van der Waals surface area contributed by atoms with Crippen LogP contribution in [-0.2, 0) is 11.2 Å². The van der Waals surface area contributed by atoms with Gasteiger partial charge in [-0.25, -0.2) is 9.59 Å². The quantitative estimate of drug-likeness (QED) is 0.772. The molecule has 1 aromatic carbocycles. The average Bonchev–Trinajstić information content (AvgIpc) is 2.33. The Kier molecular flexibility index (Phi) is 5.55. The molecule has 0 aliphatic carbocycles. The summed E-state index contributed by atoms with van der Waals surface area (Å²) in [5, 5.41) is 14.3. The molecule has 0 heterocycles. The Morgan fingerprint density at radius 1 is 1.20 bits per heavy atom. The first-order valence-electron chi connectivity index (χ1n) is 6.63. The number of urea groups is 1. The zero-order chi connectivity index (χ0) is 15.2. The summed E-state index contributed by atoms with van der Waals surface area (Å²) in [4.78, 5) is 22.9. The third-order valence-corrected chi connectivity index (χ3v) is 2.66. The van der Waals surface area contributed by atoms with Gasteiger partial charge in [0.15, 0.2) is 0 Å². The van der Waals surface area contributed by atoms with Gasteiger partial charge in [-0.15, -0.1) is 0 Å². The summed E-state index contributed by atoms with van der Waals surface area (Å²) in [6.07, 6.45) is 0.963. The van der Waals surface area contributed by atoms with Gasteiger partial charge in [-0.2, -0.15) is 0 Å². The van der Waals surface area contributed by atoms with Gasteiger partial charge in [0.2, 0.25) is 0 Å². The molecule has 0 saturated carbocycles. The fourth-order valence-corrected chi connectivity index (χ4v) is 1.75. The first-order valence-corrected chi connectivity index (χ1v) is 6.63. The van der Waals surface area contributed by atoms with E-state index >= 15 is 0 Å². The molecule has 1 rings (SSSR count). The molecule has 0 radical (unpaired) electrons. The molecule has 1 atom stereocenters. The lowest BCUT2D eigenvalue weighted by Gasteiger charge is -2.23. The Bertz CT molecular complexity index is 452. The lowest BCUT2D eigenvalue weighted by molar-refractivity contribution is -0.139. The molecule has 0 saturated heterocycles. The fraction of sp³-hybridized carbons (Fsp3) is 0.467. The second-order valence-corrected chi connectivity index (χ2v) is 5.76. The van der Waals surface area contributed by atoms with E-state index in [0.29, 0.717) is 12.8 Å². The predicted octanol–water partition coefficient (Wildman–Crippen LogP) is 2.17. The van der Waals surface area contributed by atoms with Crippen molar-refractivity contribution in [1.82, 2.24) is 10.6 Å². The monoisotopic (exact) mass is 278 g/mol. The van der Waals surface area contributed by atoms with Crippen molar-refractivity contribution >= 4 is 12.0 Å². The largest absolute Gasteiger partial charge is 0.480 e. The van der Waals surface area contributed by atoms with Crippen molar-refractivity contribution in [3.8, 4) is 0 Å². The average molecular weight is 278 g/mol. The van der Waals surface area contributed by atoms with Crippen LogP contribution in [0.3, 0.4) is 0 Å². The van der Waals surface area contributed by atoms with Crippen LogP contribution in [0.15, 0.2) is 30.3 Å². The van der Waals surface area contributed by atoms with Crippen LogP contribution in [0.25, 0.3) is 0 Å². The van der Waals surface area contributed by atoms with Crippen LogP contribution < -0.4 is 10.6 Å². The number of nitrogens with one attached hydrogen (secondary N) is 2. The molecule has 1 unspecified atom stereocenters. The molecule has 0 aromatic heterocycles. The smallest absolute Gasteiger partial charge is 0.326 e. The van der Waals surface area contributed by atoms with E-state index < -0.39 is 23.6 Å². The molecule has 5 heteroatoms. The summed E-state index contributed by atoms with van der Waals surface area (Å²) in [7, 11) is 0. The second-order valence-electron chi connectivity index (χ2n) is 5.76. The molecule has 0 bridgehead atoms. The van der Waals surface area contributed by atoms with E-state index in [2.05, 4.69) is 10.6 Å². The lowest BCUT2D eigenvalue weighted by Crippen LogP contribution is -2.51. The zero-order valence-electron chi connectivity index (χ0n) is 12.1. The normalized spacial score (nSPS) is 12.6. The Morgan fingerprint density at radius 3 is 2.30 bits per heavy atom. The third-order valence-electron chi connectivity index (χ3n) is 2.66. The summed E-state index contributed by atoms with van der Waals surface area (Å²) < 4.78 is 0. The molecule has 2 amide bonds. The number of hydrogen-bond acceptors (Lipinski definition) is 2. The maximum Gasteiger partial charge on any atom is 0.326 e. The van der Waals surface area contributed by atoms with Crippen LogP contribution in [0.4, 0.5) is 4.79 Å². The predicted molar refractivity (Wildman–Crippen MR) is 77.6 cm³/mol. The minimum atomic E-state index is -1.02. The number of carbonyl (C=O) groups is 2. The maximum atomic E-state index is 11.7. The van der Waals surface area contributed by atoms with Crippen LogP contribution in [-0.4, -0.2) is 28.7 Å². The molecule has 20 heavy (non-hydrogen) atoms. The summed E-state index contributed by atoms with van der Waals surface area (Å²) in [5.74, 6) is -1.02. The SMILES string of the molecule is CC(C)(C)NC(=O)NC(CCc1ccccc1)C(=O)O. The molecule has 1 aromatic rings. The topological polar surface area (TPSA) is 78.4 Å². The van der Waals surface area contributed by atoms with Gasteiger partial charge in [0.05, 0.1) is 0 Å². The number of amides is 2. The van der Waals surface area contributed by atoms with Crippen molar-refractivity contribution in [3.05, 3.63) is 35.9 Å². The summed E-state index contributed by atoms with van der Waals surface area (Å²) in [5.41, 5.74) is 0.656. The highest BCUT2D eigenvalue weighted by Gasteiger charge is 2.22. The van der Waals surface area contributed by atoms with Crippen LogP contribution in [0.1, 0.15) is 32.8 Å². The van der Waals surface area contributed by atoms with Gasteiger partial charge in [0.25, 0.3) is 0 Å². The van der Waals surface area contributed by atoms with E-state index in [1.165, 1.54) is 0 Å². The standard InChI is InChI=1S/C15H22N2O3/c1-15(2,3)17-14(20)16-12(13(18)19)10-9-11-7-5-4-6-8-11/h4-8,12H,9-10H2,1-3H3,(H,18,19)(H2,16,17,20). The number of benzene rings is 1. The molecule has 0 aliphatic heterocycles. The van der Waals surface area contributed by atoms with Crippen molar-refractivity contribution in [2.24, 2.45) is 0 Å². The molecular formula is C15H22N2O3. The summed E-state index contributed by atoms with van der Waals surface area (Å²) in [6, 6.07) is 8.25. The summed E-state index contributed by atoms with van der Waals surface area (Å²) >= 11 is 0. The Hall–Kier alpha value is -2.04. The van der Waals surface area contributed by atoms with Crippen LogP contribution >= 0.6 is 0 Å². The van der Waals surface area contributed by atoms with E-state index in [0.717, 1.165) is 5.56 Å². The lowest BCUT2D eigenvalue weighted by atomic mass is 10.1. The number of carbonyl (C=O) groups excluding carboxylic acids is 1.